The van der Waals surface area contributed by atoms with Crippen LogP contribution in [0.2, 0.25) is 5.02 Å². The van der Waals surface area contributed by atoms with Crippen LogP contribution in [-0.2, 0) is 0 Å². The molecule has 1 atom stereocenters. The predicted molar refractivity (Wildman–Crippen MR) is 64.4 cm³/mol. The molecule has 0 amide bonds. The lowest BCUT2D eigenvalue weighted by Gasteiger charge is -2.30. The van der Waals surface area contributed by atoms with Crippen LogP contribution in [0.4, 0.5) is 0 Å². The van der Waals surface area contributed by atoms with E-state index in [9.17, 15) is 0 Å². The minimum Gasteiger partial charge on any atom is -0.475 e. The van der Waals surface area contributed by atoms with Crippen LogP contribution in [0.25, 0.3) is 0 Å². The van der Waals surface area contributed by atoms with Gasteiger partial charge in [0, 0.05) is 10.4 Å². The zero-order valence-corrected chi connectivity index (χ0v) is 10.4. The molecule has 0 aliphatic rings. The molecule has 0 radical (unpaired) electrons. The first kappa shape index (κ1) is 12.3. The summed E-state index contributed by atoms with van der Waals surface area (Å²) in [6.07, 6.45) is -0.0151. The van der Waals surface area contributed by atoms with Crippen molar-refractivity contribution < 1.29 is 4.74 Å². The number of rotatable bonds is 3. The Labute approximate surface area is 96.6 Å². The minimum atomic E-state index is -0.0151. The monoisotopic (exact) mass is 227 g/mol. The van der Waals surface area contributed by atoms with Crippen LogP contribution >= 0.6 is 11.6 Å². The Balaban J connectivity index is 2.71. The predicted octanol–water partition coefficient (Wildman–Crippen LogP) is 3.31. The number of hydrogen-bond donors (Lipinski definition) is 1. The van der Waals surface area contributed by atoms with Gasteiger partial charge < -0.3 is 4.74 Å². The molecule has 0 spiro atoms. The highest BCUT2D eigenvalue weighted by Gasteiger charge is 2.24. The number of ether oxygens (including phenoxy) is 1. The Morgan fingerprint density at radius 3 is 2.13 bits per heavy atom. The Morgan fingerprint density at radius 2 is 1.73 bits per heavy atom. The summed E-state index contributed by atoms with van der Waals surface area (Å²) in [6.45, 7) is 6.39. The highest BCUT2D eigenvalue weighted by Crippen LogP contribution is 2.23. The molecular formula is C12H18ClNO. The molecule has 0 saturated heterocycles. The summed E-state index contributed by atoms with van der Waals surface area (Å²) in [4.78, 5) is 0. The van der Waals surface area contributed by atoms with Gasteiger partial charge in [-0.15, -0.1) is 0 Å². The third kappa shape index (κ3) is 3.73. The molecule has 0 heterocycles. The van der Waals surface area contributed by atoms with Gasteiger partial charge in [-0.25, -0.2) is 0 Å². The first-order valence-corrected chi connectivity index (χ1v) is 5.41. The molecule has 0 saturated carbocycles. The maximum Gasteiger partial charge on any atom is 0.154 e. The third-order valence-corrected chi connectivity index (χ3v) is 2.37. The summed E-state index contributed by atoms with van der Waals surface area (Å²) in [6, 6.07) is 7.40. The molecule has 1 aromatic carbocycles. The van der Waals surface area contributed by atoms with E-state index in [4.69, 9.17) is 16.3 Å². The molecule has 3 heteroatoms. The zero-order chi connectivity index (χ0) is 11.5. The summed E-state index contributed by atoms with van der Waals surface area (Å²) in [5, 5.41) is 3.87. The molecule has 1 rings (SSSR count). The van der Waals surface area contributed by atoms with E-state index in [1.807, 2.05) is 31.3 Å². The van der Waals surface area contributed by atoms with Crippen LogP contribution in [0.1, 0.15) is 20.8 Å². The quantitative estimate of drug-likeness (QED) is 0.800. The molecule has 1 aromatic rings. The number of benzene rings is 1. The summed E-state index contributed by atoms with van der Waals surface area (Å²) in [7, 11) is 1.89. The molecule has 0 aliphatic carbocycles. The average molecular weight is 228 g/mol. The van der Waals surface area contributed by atoms with Crippen LogP contribution in [0, 0.1) is 5.41 Å². The minimum absolute atomic E-state index is 0.0151. The summed E-state index contributed by atoms with van der Waals surface area (Å²) in [5.41, 5.74) is 0.0500. The standard InChI is InChI=1S/C12H18ClNO/c1-12(2,3)11(14-4)15-10-7-5-9(13)6-8-10/h5-8,11,14H,1-4H3. The third-order valence-electron chi connectivity index (χ3n) is 2.12. The van der Waals surface area contributed by atoms with E-state index in [-0.39, 0.29) is 11.6 Å². The fraction of sp³-hybridized carbons (Fsp3) is 0.500. The number of nitrogens with one attached hydrogen (secondary N) is 1. The van der Waals surface area contributed by atoms with Crippen LogP contribution in [0.3, 0.4) is 0 Å². The first-order valence-electron chi connectivity index (χ1n) is 5.03. The van der Waals surface area contributed by atoms with E-state index in [2.05, 4.69) is 26.1 Å². The molecule has 84 valence electrons. The van der Waals surface area contributed by atoms with Crippen molar-refractivity contribution in [3.8, 4) is 5.75 Å². The smallest absolute Gasteiger partial charge is 0.154 e. The Hall–Kier alpha value is -0.730. The van der Waals surface area contributed by atoms with E-state index in [0.717, 1.165) is 10.8 Å². The van der Waals surface area contributed by atoms with Crippen molar-refractivity contribution in [1.82, 2.24) is 5.32 Å². The van der Waals surface area contributed by atoms with Crippen molar-refractivity contribution in [2.75, 3.05) is 7.05 Å². The molecule has 0 aliphatic heterocycles. The molecule has 0 fully saturated rings. The summed E-state index contributed by atoms with van der Waals surface area (Å²) < 4.78 is 5.81. The van der Waals surface area contributed by atoms with Gasteiger partial charge in [-0.2, -0.15) is 0 Å². The SMILES string of the molecule is CNC(Oc1ccc(Cl)cc1)C(C)(C)C. The molecule has 1 N–H and O–H groups in total. The van der Waals surface area contributed by atoms with E-state index >= 15 is 0 Å². The second kappa shape index (κ2) is 4.86. The number of halogens is 1. The number of hydrogen-bond acceptors (Lipinski definition) is 2. The van der Waals surface area contributed by atoms with Gasteiger partial charge in [0.25, 0.3) is 0 Å². The lowest BCUT2D eigenvalue weighted by atomic mass is 9.94. The van der Waals surface area contributed by atoms with Gasteiger partial charge in [-0.3, -0.25) is 5.32 Å². The second-order valence-corrected chi connectivity index (χ2v) is 5.04. The Bertz CT molecular complexity index is 302. The van der Waals surface area contributed by atoms with Gasteiger partial charge in [0.15, 0.2) is 6.23 Å². The van der Waals surface area contributed by atoms with E-state index < -0.39 is 0 Å². The average Bonchev–Trinajstić information content (AvgIpc) is 2.15. The topological polar surface area (TPSA) is 21.3 Å². The van der Waals surface area contributed by atoms with Gasteiger partial charge in [0.05, 0.1) is 0 Å². The fourth-order valence-electron chi connectivity index (χ4n) is 1.32. The lowest BCUT2D eigenvalue weighted by Crippen LogP contribution is -2.42. The Morgan fingerprint density at radius 1 is 1.20 bits per heavy atom. The van der Waals surface area contributed by atoms with E-state index in [1.54, 1.807) is 0 Å². The van der Waals surface area contributed by atoms with Crippen molar-refractivity contribution in [2.24, 2.45) is 5.41 Å². The highest BCUT2D eigenvalue weighted by molar-refractivity contribution is 6.30. The maximum absolute atomic E-state index is 5.81. The lowest BCUT2D eigenvalue weighted by molar-refractivity contribution is 0.0635. The van der Waals surface area contributed by atoms with Gasteiger partial charge in [0.2, 0.25) is 0 Å². The van der Waals surface area contributed by atoms with Crippen molar-refractivity contribution in [1.29, 1.82) is 0 Å². The van der Waals surface area contributed by atoms with Crippen molar-refractivity contribution in [3.63, 3.8) is 0 Å². The van der Waals surface area contributed by atoms with Gasteiger partial charge >= 0.3 is 0 Å². The van der Waals surface area contributed by atoms with Crippen molar-refractivity contribution in [2.45, 2.75) is 27.0 Å². The van der Waals surface area contributed by atoms with Crippen molar-refractivity contribution in [3.05, 3.63) is 29.3 Å². The molecule has 0 aromatic heterocycles. The normalized spacial score (nSPS) is 13.7. The molecule has 0 bridgehead atoms. The summed E-state index contributed by atoms with van der Waals surface area (Å²) in [5.74, 6) is 0.827. The van der Waals surface area contributed by atoms with Gasteiger partial charge in [0.1, 0.15) is 5.75 Å². The van der Waals surface area contributed by atoms with Gasteiger partial charge in [-0.05, 0) is 31.3 Å². The van der Waals surface area contributed by atoms with Crippen LogP contribution in [-0.4, -0.2) is 13.3 Å². The van der Waals surface area contributed by atoms with Crippen LogP contribution in [0.15, 0.2) is 24.3 Å². The van der Waals surface area contributed by atoms with Crippen LogP contribution < -0.4 is 10.1 Å². The van der Waals surface area contributed by atoms with E-state index in [0.29, 0.717) is 0 Å². The molecular weight excluding hydrogens is 210 g/mol. The fourth-order valence-corrected chi connectivity index (χ4v) is 1.44. The zero-order valence-electron chi connectivity index (χ0n) is 9.67. The Kier molecular flexibility index (Phi) is 4.00. The van der Waals surface area contributed by atoms with Crippen LogP contribution in [0.5, 0.6) is 5.75 Å². The summed E-state index contributed by atoms with van der Waals surface area (Å²) >= 11 is 5.80. The molecule has 1 unspecified atom stereocenters. The molecule has 2 nitrogen and oxygen atoms in total. The van der Waals surface area contributed by atoms with Crippen molar-refractivity contribution >= 4 is 11.6 Å². The van der Waals surface area contributed by atoms with Gasteiger partial charge in [-0.1, -0.05) is 32.4 Å². The second-order valence-electron chi connectivity index (χ2n) is 4.61. The molecule has 15 heavy (non-hydrogen) atoms. The first-order chi connectivity index (χ1) is 6.93. The maximum atomic E-state index is 5.81. The largest absolute Gasteiger partial charge is 0.475 e. The van der Waals surface area contributed by atoms with E-state index in [1.165, 1.54) is 0 Å². The highest BCUT2D eigenvalue weighted by atomic mass is 35.5.